The summed E-state index contributed by atoms with van der Waals surface area (Å²) in [7, 11) is 0. The number of hydrogen-bond donors (Lipinski definition) is 1. The molecule has 0 radical (unpaired) electrons. The van der Waals surface area contributed by atoms with Gasteiger partial charge in [-0.25, -0.2) is 4.68 Å². The summed E-state index contributed by atoms with van der Waals surface area (Å²) in [6.07, 6.45) is 1.73. The van der Waals surface area contributed by atoms with Gasteiger partial charge in [-0.05, 0) is 22.4 Å². The minimum absolute atomic E-state index is 0.0530. The molecule has 3 aromatic rings. The van der Waals surface area contributed by atoms with Crippen LogP contribution in [-0.2, 0) is 6.54 Å². The van der Waals surface area contributed by atoms with Gasteiger partial charge in [0, 0.05) is 12.3 Å². The van der Waals surface area contributed by atoms with Crippen LogP contribution in [-0.4, -0.2) is 4.68 Å². The van der Waals surface area contributed by atoms with Gasteiger partial charge in [0.2, 0.25) is 0 Å². The largest absolute Gasteiger partial charge is 0.319 e. The molecule has 0 saturated heterocycles. The van der Waals surface area contributed by atoms with Gasteiger partial charge >= 0.3 is 0 Å². The molecule has 1 heterocycles. The van der Waals surface area contributed by atoms with Crippen LogP contribution in [0, 0.1) is 0 Å². The van der Waals surface area contributed by atoms with Crippen LogP contribution in [0.25, 0.3) is 10.8 Å². The molecule has 1 aromatic heterocycles. The van der Waals surface area contributed by atoms with Gasteiger partial charge in [-0.3, -0.25) is 4.79 Å². The number of nitrogens with one attached hydrogen (secondary N) is 1. The topological polar surface area (TPSA) is 34.0 Å². The highest BCUT2D eigenvalue weighted by Crippen LogP contribution is 2.18. The number of nitrogens with zero attached hydrogens (tertiary/aromatic N) is 1. The second kappa shape index (κ2) is 4.98. The van der Waals surface area contributed by atoms with Crippen molar-refractivity contribution in [3.63, 3.8) is 0 Å². The lowest BCUT2D eigenvalue weighted by Crippen LogP contribution is -2.27. The number of benzene rings is 2. The lowest BCUT2D eigenvalue weighted by molar-refractivity contribution is 0.805. The molecule has 3 rings (SSSR count). The molecule has 0 amide bonds. The van der Waals surface area contributed by atoms with Crippen LogP contribution in [0.4, 0.5) is 0 Å². The van der Waals surface area contributed by atoms with Crippen LogP contribution in [0.15, 0.2) is 71.7 Å². The Kier molecular flexibility index (Phi) is 3.02. The molecule has 0 aliphatic rings. The highest BCUT2D eigenvalue weighted by molar-refractivity contribution is 5.85. The lowest BCUT2D eigenvalue weighted by Gasteiger charge is -2.10. The van der Waals surface area contributed by atoms with E-state index in [-0.39, 0.29) is 5.56 Å². The Morgan fingerprint density at radius 1 is 0.895 bits per heavy atom. The minimum atomic E-state index is -0.0530. The first-order chi connectivity index (χ1) is 9.34. The molecule has 0 spiro atoms. The minimum Gasteiger partial charge on any atom is -0.319 e. The number of pyridine rings is 1. The van der Waals surface area contributed by atoms with E-state index in [4.69, 9.17) is 0 Å². The first kappa shape index (κ1) is 11.5. The zero-order chi connectivity index (χ0) is 13.1. The molecule has 0 bridgehead atoms. The Labute approximate surface area is 111 Å². The Morgan fingerprint density at radius 3 is 2.58 bits per heavy atom. The van der Waals surface area contributed by atoms with Gasteiger partial charge in [0.25, 0.3) is 5.56 Å². The van der Waals surface area contributed by atoms with E-state index in [9.17, 15) is 4.79 Å². The zero-order valence-electron chi connectivity index (χ0n) is 10.4. The van der Waals surface area contributed by atoms with E-state index < -0.39 is 0 Å². The molecular weight excluding hydrogens is 236 g/mol. The van der Waals surface area contributed by atoms with Gasteiger partial charge in [0.15, 0.2) is 0 Å². The summed E-state index contributed by atoms with van der Waals surface area (Å²) in [5.74, 6) is 0. The van der Waals surface area contributed by atoms with Crippen LogP contribution in [0.2, 0.25) is 0 Å². The van der Waals surface area contributed by atoms with Crippen molar-refractivity contribution < 1.29 is 0 Å². The Morgan fingerprint density at radius 2 is 1.68 bits per heavy atom. The molecule has 0 atom stereocenters. The van der Waals surface area contributed by atoms with Crippen molar-refractivity contribution in [1.82, 2.24) is 4.68 Å². The standard InChI is InChI=1S/C16H14N2O/c19-16-10-3-4-11-18(16)17-12-14-8-5-7-13-6-1-2-9-15(13)14/h1-11,17H,12H2. The van der Waals surface area contributed by atoms with Crippen molar-refractivity contribution in [2.24, 2.45) is 0 Å². The van der Waals surface area contributed by atoms with Crippen molar-refractivity contribution >= 4 is 10.8 Å². The summed E-state index contributed by atoms with van der Waals surface area (Å²) in [6.45, 7) is 0.616. The van der Waals surface area contributed by atoms with E-state index in [1.807, 2.05) is 24.3 Å². The molecule has 94 valence electrons. The van der Waals surface area contributed by atoms with Gasteiger partial charge in [-0.15, -0.1) is 0 Å². The third-order valence-electron chi connectivity index (χ3n) is 3.14. The summed E-state index contributed by atoms with van der Waals surface area (Å²) in [5.41, 5.74) is 4.25. The van der Waals surface area contributed by atoms with Crippen LogP contribution in [0.3, 0.4) is 0 Å². The van der Waals surface area contributed by atoms with E-state index in [1.165, 1.54) is 27.1 Å². The van der Waals surface area contributed by atoms with Gasteiger partial charge in [0.05, 0.1) is 6.54 Å². The molecular formula is C16H14N2O. The maximum absolute atomic E-state index is 11.6. The average molecular weight is 250 g/mol. The van der Waals surface area contributed by atoms with E-state index in [0.29, 0.717) is 6.54 Å². The van der Waals surface area contributed by atoms with E-state index in [2.05, 4.69) is 29.7 Å². The monoisotopic (exact) mass is 250 g/mol. The molecule has 0 fully saturated rings. The summed E-state index contributed by atoms with van der Waals surface area (Å²) < 4.78 is 1.50. The molecule has 0 unspecified atom stereocenters. The molecule has 19 heavy (non-hydrogen) atoms. The van der Waals surface area contributed by atoms with Gasteiger partial charge < -0.3 is 5.43 Å². The van der Waals surface area contributed by atoms with Crippen molar-refractivity contribution in [3.05, 3.63) is 82.8 Å². The fraction of sp³-hybridized carbons (Fsp3) is 0.0625. The average Bonchev–Trinajstić information content (AvgIpc) is 2.46. The predicted octanol–water partition coefficient (Wildman–Crippen LogP) is 2.75. The third kappa shape index (κ3) is 2.36. The Bertz CT molecular complexity index is 756. The SMILES string of the molecule is O=c1ccccn1NCc1cccc2ccccc12. The van der Waals surface area contributed by atoms with E-state index >= 15 is 0 Å². The van der Waals surface area contributed by atoms with Crippen LogP contribution >= 0.6 is 0 Å². The zero-order valence-corrected chi connectivity index (χ0v) is 10.4. The number of rotatable bonds is 3. The van der Waals surface area contributed by atoms with Crippen LogP contribution in [0.1, 0.15) is 5.56 Å². The number of aromatic nitrogens is 1. The highest BCUT2D eigenvalue weighted by Gasteiger charge is 2.00. The Balaban J connectivity index is 1.90. The first-order valence-electron chi connectivity index (χ1n) is 6.23. The second-order valence-corrected chi connectivity index (χ2v) is 4.38. The van der Waals surface area contributed by atoms with Gasteiger partial charge in [-0.1, -0.05) is 48.5 Å². The third-order valence-corrected chi connectivity index (χ3v) is 3.14. The summed E-state index contributed by atoms with van der Waals surface area (Å²) in [5, 5.41) is 2.42. The summed E-state index contributed by atoms with van der Waals surface area (Å²) >= 11 is 0. The smallest absolute Gasteiger partial charge is 0.268 e. The molecule has 0 saturated carbocycles. The lowest BCUT2D eigenvalue weighted by atomic mass is 10.1. The maximum Gasteiger partial charge on any atom is 0.268 e. The molecule has 3 heteroatoms. The summed E-state index contributed by atoms with van der Waals surface area (Å²) in [6, 6.07) is 19.5. The second-order valence-electron chi connectivity index (χ2n) is 4.38. The Hall–Kier alpha value is -2.55. The van der Waals surface area contributed by atoms with E-state index in [1.54, 1.807) is 12.3 Å². The van der Waals surface area contributed by atoms with Crippen LogP contribution < -0.4 is 11.0 Å². The van der Waals surface area contributed by atoms with Crippen molar-refractivity contribution in [3.8, 4) is 0 Å². The number of hydrogen-bond acceptors (Lipinski definition) is 2. The van der Waals surface area contributed by atoms with Crippen molar-refractivity contribution in [2.75, 3.05) is 5.43 Å². The van der Waals surface area contributed by atoms with Crippen molar-refractivity contribution in [1.29, 1.82) is 0 Å². The number of fused-ring (bicyclic) bond motifs is 1. The highest BCUT2D eigenvalue weighted by atomic mass is 16.1. The predicted molar refractivity (Wildman–Crippen MR) is 77.7 cm³/mol. The van der Waals surface area contributed by atoms with Gasteiger partial charge in [0.1, 0.15) is 0 Å². The fourth-order valence-electron chi connectivity index (χ4n) is 2.18. The first-order valence-corrected chi connectivity index (χ1v) is 6.23. The van der Waals surface area contributed by atoms with Crippen LogP contribution in [0.5, 0.6) is 0 Å². The quantitative estimate of drug-likeness (QED) is 0.775. The fourth-order valence-corrected chi connectivity index (χ4v) is 2.18. The van der Waals surface area contributed by atoms with Crippen molar-refractivity contribution in [2.45, 2.75) is 6.54 Å². The maximum atomic E-state index is 11.6. The van der Waals surface area contributed by atoms with E-state index in [0.717, 1.165) is 0 Å². The van der Waals surface area contributed by atoms with Gasteiger partial charge in [-0.2, -0.15) is 0 Å². The molecule has 0 aliphatic heterocycles. The summed E-state index contributed by atoms with van der Waals surface area (Å²) in [4.78, 5) is 11.6. The molecule has 1 N–H and O–H groups in total. The molecule has 0 aliphatic carbocycles. The molecule has 2 aromatic carbocycles. The normalized spacial score (nSPS) is 10.5. The molecule has 3 nitrogen and oxygen atoms in total.